The lowest BCUT2D eigenvalue weighted by molar-refractivity contribution is 0.182. The van der Waals surface area contributed by atoms with Gasteiger partial charge >= 0.3 is 0 Å². The largest absolute Gasteiger partial charge is 0.381 e. The highest BCUT2D eigenvalue weighted by molar-refractivity contribution is 7.89. The minimum atomic E-state index is -3.38. The Morgan fingerprint density at radius 1 is 1.24 bits per heavy atom. The van der Waals surface area contributed by atoms with E-state index < -0.39 is 10.0 Å². The van der Waals surface area contributed by atoms with Crippen molar-refractivity contribution in [1.29, 1.82) is 0 Å². The predicted octanol–water partition coefficient (Wildman–Crippen LogP) is 2.22. The van der Waals surface area contributed by atoms with E-state index in [1.165, 1.54) is 21.9 Å². The summed E-state index contributed by atoms with van der Waals surface area (Å²) in [6.07, 6.45) is 5.39. The van der Waals surface area contributed by atoms with Crippen molar-refractivity contribution in [3.63, 3.8) is 0 Å². The van der Waals surface area contributed by atoms with Crippen molar-refractivity contribution in [1.82, 2.24) is 4.31 Å². The molecule has 0 N–H and O–H groups in total. The van der Waals surface area contributed by atoms with Crippen molar-refractivity contribution in [2.75, 3.05) is 26.8 Å². The molecule has 2 aliphatic rings. The van der Waals surface area contributed by atoms with Gasteiger partial charge in [0, 0.05) is 20.2 Å². The summed E-state index contributed by atoms with van der Waals surface area (Å²) in [6.45, 7) is 1.96. The van der Waals surface area contributed by atoms with Gasteiger partial charge in [0.1, 0.15) is 0 Å². The van der Waals surface area contributed by atoms with Crippen LogP contribution < -0.4 is 0 Å². The summed E-state index contributed by atoms with van der Waals surface area (Å²) in [5, 5.41) is 0. The van der Waals surface area contributed by atoms with E-state index in [4.69, 9.17) is 4.74 Å². The van der Waals surface area contributed by atoms with Crippen LogP contribution in [0.2, 0.25) is 0 Å². The van der Waals surface area contributed by atoms with Crippen LogP contribution in [-0.2, 0) is 27.6 Å². The van der Waals surface area contributed by atoms with Crippen molar-refractivity contribution in [3.05, 3.63) is 29.3 Å². The Balaban J connectivity index is 1.80. The van der Waals surface area contributed by atoms with Crippen molar-refractivity contribution >= 4 is 10.0 Å². The maximum atomic E-state index is 12.7. The molecule has 1 saturated heterocycles. The molecular weight excluding hydrogens is 286 g/mol. The van der Waals surface area contributed by atoms with Crippen LogP contribution in [0.5, 0.6) is 0 Å². The SMILES string of the molecule is CN(CC1CCOC1)S(=O)(=O)c1ccc2c(c1)CCCC2. The third kappa shape index (κ3) is 3.15. The average Bonchev–Trinajstić information content (AvgIpc) is 2.99. The molecule has 1 aromatic carbocycles. The van der Waals surface area contributed by atoms with Crippen LogP contribution in [0.4, 0.5) is 0 Å². The maximum Gasteiger partial charge on any atom is 0.242 e. The summed E-state index contributed by atoms with van der Waals surface area (Å²) in [4.78, 5) is 0.435. The Morgan fingerprint density at radius 3 is 2.71 bits per heavy atom. The molecule has 1 aliphatic heterocycles. The van der Waals surface area contributed by atoms with Crippen LogP contribution in [-0.4, -0.2) is 39.5 Å². The predicted molar refractivity (Wildman–Crippen MR) is 81.8 cm³/mol. The minimum absolute atomic E-state index is 0.322. The van der Waals surface area contributed by atoms with Crippen molar-refractivity contribution < 1.29 is 13.2 Å². The molecular formula is C16H23NO3S. The standard InChI is InChI=1S/C16H23NO3S/c1-17(11-13-8-9-20-12-13)21(18,19)16-7-6-14-4-2-3-5-15(14)10-16/h6-7,10,13H,2-5,8-9,11-12H2,1H3. The Kier molecular flexibility index (Phi) is 4.33. The minimum Gasteiger partial charge on any atom is -0.381 e. The van der Waals surface area contributed by atoms with E-state index in [1.54, 1.807) is 13.1 Å². The lowest BCUT2D eigenvalue weighted by atomic mass is 9.92. The number of rotatable bonds is 4. The van der Waals surface area contributed by atoms with Crippen LogP contribution >= 0.6 is 0 Å². The summed E-state index contributed by atoms with van der Waals surface area (Å²) in [7, 11) is -1.71. The van der Waals surface area contributed by atoms with Crippen LogP contribution in [0.25, 0.3) is 0 Å². The summed E-state index contributed by atoms with van der Waals surface area (Å²) < 4.78 is 32.2. The van der Waals surface area contributed by atoms with Crippen molar-refractivity contribution in [2.24, 2.45) is 5.92 Å². The van der Waals surface area contributed by atoms with Gasteiger partial charge in [0.15, 0.2) is 0 Å². The van der Waals surface area contributed by atoms with Gasteiger partial charge < -0.3 is 4.74 Å². The molecule has 0 bridgehead atoms. The van der Waals surface area contributed by atoms with Gasteiger partial charge in [-0.2, -0.15) is 0 Å². The summed E-state index contributed by atoms with van der Waals surface area (Å²) in [5.74, 6) is 0.322. The fourth-order valence-electron chi connectivity index (χ4n) is 3.24. The van der Waals surface area contributed by atoms with Gasteiger partial charge in [0.25, 0.3) is 0 Å². The lowest BCUT2D eigenvalue weighted by Crippen LogP contribution is -2.32. The van der Waals surface area contributed by atoms with Gasteiger partial charge in [0.05, 0.1) is 11.5 Å². The van der Waals surface area contributed by atoms with Gasteiger partial charge in [-0.05, 0) is 61.3 Å². The van der Waals surface area contributed by atoms with E-state index >= 15 is 0 Å². The molecule has 1 heterocycles. The molecule has 1 aliphatic carbocycles. The van der Waals surface area contributed by atoms with E-state index in [-0.39, 0.29) is 0 Å². The molecule has 0 saturated carbocycles. The topological polar surface area (TPSA) is 46.6 Å². The number of ether oxygens (including phenoxy) is 1. The molecule has 1 fully saturated rings. The Bertz CT molecular complexity index is 606. The lowest BCUT2D eigenvalue weighted by Gasteiger charge is -2.22. The quantitative estimate of drug-likeness (QED) is 0.857. The van der Waals surface area contributed by atoms with E-state index in [0.29, 0.717) is 24.0 Å². The molecule has 3 rings (SSSR count). The highest BCUT2D eigenvalue weighted by atomic mass is 32.2. The smallest absolute Gasteiger partial charge is 0.242 e. The van der Waals surface area contributed by atoms with Gasteiger partial charge in [0.2, 0.25) is 10.0 Å². The highest BCUT2D eigenvalue weighted by Crippen LogP contribution is 2.26. The van der Waals surface area contributed by atoms with E-state index in [9.17, 15) is 8.42 Å². The second-order valence-corrected chi connectivity index (χ2v) is 8.20. The normalized spacial score (nSPS) is 22.5. The molecule has 1 unspecified atom stereocenters. The summed E-state index contributed by atoms with van der Waals surface area (Å²) in [5.41, 5.74) is 2.52. The Morgan fingerprint density at radius 2 is 2.00 bits per heavy atom. The number of benzene rings is 1. The van der Waals surface area contributed by atoms with Crippen molar-refractivity contribution in [2.45, 2.75) is 37.0 Å². The maximum absolute atomic E-state index is 12.7. The number of hydrogen-bond acceptors (Lipinski definition) is 3. The molecule has 0 aromatic heterocycles. The molecule has 0 radical (unpaired) electrons. The highest BCUT2D eigenvalue weighted by Gasteiger charge is 2.26. The monoisotopic (exact) mass is 309 g/mol. The molecule has 4 nitrogen and oxygen atoms in total. The van der Waals surface area contributed by atoms with E-state index in [1.807, 2.05) is 12.1 Å². The van der Waals surface area contributed by atoms with Gasteiger partial charge in [-0.25, -0.2) is 12.7 Å². The first-order chi connectivity index (χ1) is 10.1. The third-order valence-electron chi connectivity index (χ3n) is 4.57. The molecule has 116 valence electrons. The van der Waals surface area contributed by atoms with Crippen LogP contribution in [0.1, 0.15) is 30.4 Å². The molecule has 21 heavy (non-hydrogen) atoms. The average molecular weight is 309 g/mol. The van der Waals surface area contributed by atoms with Gasteiger partial charge in [-0.1, -0.05) is 6.07 Å². The van der Waals surface area contributed by atoms with Crippen LogP contribution in [0.15, 0.2) is 23.1 Å². The number of nitrogens with zero attached hydrogens (tertiary/aromatic N) is 1. The number of sulfonamides is 1. The van der Waals surface area contributed by atoms with Gasteiger partial charge in [-0.15, -0.1) is 0 Å². The first kappa shape index (κ1) is 15.0. The fourth-order valence-corrected chi connectivity index (χ4v) is 4.54. The van der Waals surface area contributed by atoms with E-state index in [2.05, 4.69) is 0 Å². The third-order valence-corrected chi connectivity index (χ3v) is 6.39. The van der Waals surface area contributed by atoms with Crippen molar-refractivity contribution in [3.8, 4) is 0 Å². The first-order valence-corrected chi connectivity index (χ1v) is 9.17. The molecule has 1 atom stereocenters. The Labute approximate surface area is 127 Å². The number of hydrogen-bond donors (Lipinski definition) is 0. The number of fused-ring (bicyclic) bond motifs is 1. The summed E-state index contributed by atoms with van der Waals surface area (Å²) in [6, 6.07) is 5.64. The zero-order valence-corrected chi connectivity index (χ0v) is 13.4. The fraction of sp³-hybridized carbons (Fsp3) is 0.625. The zero-order chi connectivity index (χ0) is 14.9. The number of aryl methyl sites for hydroxylation is 2. The van der Waals surface area contributed by atoms with Crippen LogP contribution in [0, 0.1) is 5.92 Å². The molecule has 1 aromatic rings. The molecule has 0 amide bonds. The second kappa shape index (κ2) is 6.07. The van der Waals surface area contributed by atoms with Gasteiger partial charge in [-0.3, -0.25) is 0 Å². The Hall–Kier alpha value is -0.910. The zero-order valence-electron chi connectivity index (χ0n) is 12.5. The molecule has 5 heteroatoms. The summed E-state index contributed by atoms with van der Waals surface area (Å²) >= 11 is 0. The molecule has 0 spiro atoms. The first-order valence-electron chi connectivity index (χ1n) is 7.73. The van der Waals surface area contributed by atoms with Crippen LogP contribution in [0.3, 0.4) is 0 Å². The van der Waals surface area contributed by atoms with E-state index in [0.717, 1.165) is 32.3 Å². The second-order valence-electron chi connectivity index (χ2n) is 6.15.